The van der Waals surface area contributed by atoms with Crippen LogP contribution in [-0.2, 0) is 0 Å². The largest absolute Gasteiger partial charge is 0.494 e. The number of anilines is 2. The second-order valence-electron chi connectivity index (χ2n) is 6.90. The van der Waals surface area contributed by atoms with Crippen molar-refractivity contribution < 1.29 is 28.5 Å². The molecule has 2 N–H and O–H groups in total. The maximum Gasteiger partial charge on any atom is 0.265 e. The summed E-state index contributed by atoms with van der Waals surface area (Å²) >= 11 is 1.35. The van der Waals surface area contributed by atoms with Gasteiger partial charge < -0.3 is 29.6 Å². The summed E-state index contributed by atoms with van der Waals surface area (Å²) in [4.78, 5) is 26.0. The lowest BCUT2D eigenvalue weighted by molar-refractivity contribution is 0.101. The number of ether oxygens (including phenoxy) is 4. The summed E-state index contributed by atoms with van der Waals surface area (Å²) in [6, 6.07) is 11.8. The maximum atomic E-state index is 13.0. The van der Waals surface area contributed by atoms with Crippen LogP contribution in [0.15, 0.2) is 47.8 Å². The first-order valence-electron chi connectivity index (χ1n) is 10.9. The van der Waals surface area contributed by atoms with Crippen LogP contribution in [0.4, 0.5) is 11.4 Å². The van der Waals surface area contributed by atoms with Gasteiger partial charge in [0.05, 0.1) is 37.5 Å². The molecule has 34 heavy (non-hydrogen) atoms. The fourth-order valence-corrected chi connectivity index (χ4v) is 3.81. The van der Waals surface area contributed by atoms with Gasteiger partial charge in [-0.25, -0.2) is 0 Å². The third kappa shape index (κ3) is 5.99. The summed E-state index contributed by atoms with van der Waals surface area (Å²) in [6.45, 7) is 6.83. The number of thiophene rings is 1. The average Bonchev–Trinajstić information content (AvgIpc) is 3.37. The van der Waals surface area contributed by atoms with Gasteiger partial charge in [-0.05, 0) is 56.5 Å². The monoisotopic (exact) mass is 484 g/mol. The Morgan fingerprint density at radius 2 is 1.50 bits per heavy atom. The predicted molar refractivity (Wildman–Crippen MR) is 133 cm³/mol. The number of carbonyl (C=O) groups excluding carboxylic acids is 2. The molecule has 2 aromatic carbocycles. The van der Waals surface area contributed by atoms with Crippen molar-refractivity contribution in [2.75, 3.05) is 37.6 Å². The molecule has 1 heterocycles. The summed E-state index contributed by atoms with van der Waals surface area (Å²) in [5.41, 5.74) is 1.35. The molecule has 0 aliphatic rings. The molecule has 2 amide bonds. The van der Waals surface area contributed by atoms with Crippen molar-refractivity contribution in [1.82, 2.24) is 0 Å². The standard InChI is InChI=1S/C25H28N2O6S/c1-5-31-20-13-16(14-21(32-6-2)23(20)33-7-3)24(28)26-17-10-11-18(19(15-17)30-4)27-25(29)22-9-8-12-34-22/h8-15H,5-7H2,1-4H3,(H,26,28)(H,27,29). The Hall–Kier alpha value is -3.72. The van der Waals surface area contributed by atoms with Crippen molar-refractivity contribution in [1.29, 1.82) is 0 Å². The van der Waals surface area contributed by atoms with Gasteiger partial charge in [0, 0.05) is 17.3 Å². The molecule has 0 aliphatic heterocycles. The first-order chi connectivity index (χ1) is 16.5. The van der Waals surface area contributed by atoms with Gasteiger partial charge in [-0.1, -0.05) is 6.07 Å². The van der Waals surface area contributed by atoms with Crippen LogP contribution in [0.3, 0.4) is 0 Å². The highest BCUT2D eigenvalue weighted by molar-refractivity contribution is 7.12. The van der Waals surface area contributed by atoms with E-state index in [2.05, 4.69) is 10.6 Å². The highest BCUT2D eigenvalue weighted by Crippen LogP contribution is 2.39. The lowest BCUT2D eigenvalue weighted by Crippen LogP contribution is -2.14. The number of methoxy groups -OCH3 is 1. The molecule has 0 spiro atoms. The second-order valence-corrected chi connectivity index (χ2v) is 7.85. The van der Waals surface area contributed by atoms with Crippen molar-refractivity contribution in [3.05, 3.63) is 58.3 Å². The molecule has 0 saturated carbocycles. The minimum Gasteiger partial charge on any atom is -0.494 e. The van der Waals surface area contributed by atoms with Crippen LogP contribution >= 0.6 is 11.3 Å². The summed E-state index contributed by atoms with van der Waals surface area (Å²) in [6.07, 6.45) is 0. The molecular weight excluding hydrogens is 456 g/mol. The summed E-state index contributed by atoms with van der Waals surface area (Å²) in [7, 11) is 1.50. The van der Waals surface area contributed by atoms with Gasteiger partial charge in [0.15, 0.2) is 11.5 Å². The molecule has 0 atom stereocenters. The van der Waals surface area contributed by atoms with Gasteiger partial charge in [0.25, 0.3) is 11.8 Å². The Morgan fingerprint density at radius 1 is 0.824 bits per heavy atom. The Balaban J connectivity index is 1.83. The molecule has 1 aromatic heterocycles. The molecular formula is C25H28N2O6S. The van der Waals surface area contributed by atoms with Crippen molar-refractivity contribution >= 4 is 34.5 Å². The Kier molecular flexibility index (Phi) is 8.75. The van der Waals surface area contributed by atoms with E-state index in [0.717, 1.165) is 0 Å². The fourth-order valence-electron chi connectivity index (χ4n) is 3.19. The zero-order valence-electron chi connectivity index (χ0n) is 19.6. The molecule has 9 heteroatoms. The van der Waals surface area contributed by atoms with Crippen LogP contribution in [0.5, 0.6) is 23.0 Å². The van der Waals surface area contributed by atoms with E-state index in [1.54, 1.807) is 36.4 Å². The van der Waals surface area contributed by atoms with Gasteiger partial charge in [0.2, 0.25) is 5.75 Å². The van der Waals surface area contributed by atoms with E-state index in [1.807, 2.05) is 32.2 Å². The number of hydrogen-bond donors (Lipinski definition) is 2. The Labute approximate surface area is 202 Å². The number of carbonyl (C=O) groups is 2. The Bertz CT molecular complexity index is 1100. The van der Waals surface area contributed by atoms with Crippen LogP contribution in [0.2, 0.25) is 0 Å². The SMILES string of the molecule is CCOc1cc(C(=O)Nc2ccc(NC(=O)c3cccs3)c(OC)c2)cc(OCC)c1OCC. The first kappa shape index (κ1) is 24.9. The number of nitrogens with one attached hydrogen (secondary N) is 2. The molecule has 0 aliphatic carbocycles. The van der Waals surface area contributed by atoms with Crippen molar-refractivity contribution in [3.8, 4) is 23.0 Å². The number of benzene rings is 2. The minimum absolute atomic E-state index is 0.230. The molecule has 180 valence electrons. The van der Waals surface area contributed by atoms with E-state index in [4.69, 9.17) is 18.9 Å². The predicted octanol–water partition coefficient (Wildman–Crippen LogP) is 5.46. The number of rotatable bonds is 11. The fraction of sp³-hybridized carbons (Fsp3) is 0.280. The molecule has 8 nitrogen and oxygen atoms in total. The van der Waals surface area contributed by atoms with Gasteiger partial charge in [-0.2, -0.15) is 0 Å². The second kappa shape index (κ2) is 11.9. The quantitative estimate of drug-likeness (QED) is 0.375. The van der Waals surface area contributed by atoms with E-state index in [-0.39, 0.29) is 11.8 Å². The molecule has 3 rings (SSSR count). The average molecular weight is 485 g/mol. The lowest BCUT2D eigenvalue weighted by Gasteiger charge is -2.17. The Morgan fingerprint density at radius 3 is 2.06 bits per heavy atom. The number of hydrogen-bond acceptors (Lipinski definition) is 7. The first-order valence-corrected chi connectivity index (χ1v) is 11.8. The van der Waals surface area contributed by atoms with E-state index in [0.29, 0.717) is 64.6 Å². The van der Waals surface area contributed by atoms with Crippen LogP contribution in [0, 0.1) is 0 Å². The smallest absolute Gasteiger partial charge is 0.265 e. The van der Waals surface area contributed by atoms with Crippen molar-refractivity contribution in [3.63, 3.8) is 0 Å². The molecule has 0 fully saturated rings. The van der Waals surface area contributed by atoms with Gasteiger partial charge in [-0.3, -0.25) is 9.59 Å². The lowest BCUT2D eigenvalue weighted by atomic mass is 10.1. The molecule has 0 radical (unpaired) electrons. The van der Waals surface area contributed by atoms with E-state index in [1.165, 1.54) is 18.4 Å². The van der Waals surface area contributed by atoms with Crippen LogP contribution in [0.25, 0.3) is 0 Å². The van der Waals surface area contributed by atoms with Crippen LogP contribution < -0.4 is 29.6 Å². The third-order valence-electron chi connectivity index (χ3n) is 4.62. The van der Waals surface area contributed by atoms with Crippen LogP contribution in [0.1, 0.15) is 40.8 Å². The topological polar surface area (TPSA) is 95.1 Å². The summed E-state index contributed by atoms with van der Waals surface area (Å²) < 4.78 is 22.5. The van der Waals surface area contributed by atoms with E-state index >= 15 is 0 Å². The summed E-state index contributed by atoms with van der Waals surface area (Å²) in [5, 5.41) is 7.51. The molecule has 0 bridgehead atoms. The normalized spacial score (nSPS) is 10.4. The van der Waals surface area contributed by atoms with Gasteiger partial charge in [0.1, 0.15) is 5.75 Å². The third-order valence-corrected chi connectivity index (χ3v) is 5.49. The zero-order chi connectivity index (χ0) is 24.5. The molecule has 0 saturated heterocycles. The summed E-state index contributed by atoms with van der Waals surface area (Å²) in [5.74, 6) is 1.16. The van der Waals surface area contributed by atoms with Gasteiger partial charge >= 0.3 is 0 Å². The highest BCUT2D eigenvalue weighted by atomic mass is 32.1. The van der Waals surface area contributed by atoms with Crippen LogP contribution in [-0.4, -0.2) is 38.7 Å². The zero-order valence-corrected chi connectivity index (χ0v) is 20.4. The highest BCUT2D eigenvalue weighted by Gasteiger charge is 2.19. The minimum atomic E-state index is -0.359. The van der Waals surface area contributed by atoms with Crippen molar-refractivity contribution in [2.24, 2.45) is 0 Å². The number of amides is 2. The van der Waals surface area contributed by atoms with Crippen molar-refractivity contribution in [2.45, 2.75) is 20.8 Å². The van der Waals surface area contributed by atoms with E-state index < -0.39 is 0 Å². The van der Waals surface area contributed by atoms with E-state index in [9.17, 15) is 9.59 Å². The molecule has 3 aromatic rings. The van der Waals surface area contributed by atoms with Gasteiger partial charge in [-0.15, -0.1) is 11.3 Å². The maximum absolute atomic E-state index is 13.0. The molecule has 0 unspecified atom stereocenters.